The maximum absolute atomic E-state index is 12.3. The van der Waals surface area contributed by atoms with Gasteiger partial charge in [0.25, 0.3) is 5.91 Å². The number of carbonyl (C=O) groups is 2. The van der Waals surface area contributed by atoms with E-state index in [-0.39, 0.29) is 24.4 Å². The van der Waals surface area contributed by atoms with Crippen molar-refractivity contribution in [3.63, 3.8) is 0 Å². The highest BCUT2D eigenvalue weighted by Gasteiger charge is 2.16. The summed E-state index contributed by atoms with van der Waals surface area (Å²) in [5.74, 6) is -0.463. The summed E-state index contributed by atoms with van der Waals surface area (Å²) >= 11 is 7.74. The van der Waals surface area contributed by atoms with Gasteiger partial charge < -0.3 is 15.5 Å². The van der Waals surface area contributed by atoms with Crippen molar-refractivity contribution >= 4 is 46.1 Å². The molecule has 7 heteroatoms. The van der Waals surface area contributed by atoms with Crippen LogP contribution in [0.1, 0.15) is 28.2 Å². The number of rotatable bonds is 7. The maximum atomic E-state index is 12.3. The van der Waals surface area contributed by atoms with Crippen LogP contribution < -0.4 is 10.6 Å². The molecule has 2 aromatic carbocycles. The van der Waals surface area contributed by atoms with Crippen LogP contribution >= 0.6 is 22.9 Å². The first-order valence-electron chi connectivity index (χ1n) is 9.14. The molecule has 3 aromatic rings. The highest BCUT2D eigenvalue weighted by molar-refractivity contribution is 7.12. The lowest BCUT2D eigenvalue weighted by Crippen LogP contribution is -2.34. The molecule has 1 aromatic heterocycles. The Morgan fingerprint density at radius 3 is 2.52 bits per heavy atom. The smallest absolute Gasteiger partial charge is 0.264 e. The van der Waals surface area contributed by atoms with Gasteiger partial charge in [0, 0.05) is 18.8 Å². The third-order valence-electron chi connectivity index (χ3n) is 4.38. The lowest BCUT2D eigenvalue weighted by Gasteiger charge is -2.18. The van der Waals surface area contributed by atoms with E-state index in [1.807, 2.05) is 47.8 Å². The van der Waals surface area contributed by atoms with Crippen molar-refractivity contribution < 1.29 is 9.59 Å². The summed E-state index contributed by atoms with van der Waals surface area (Å²) in [4.78, 5) is 26.5. The van der Waals surface area contributed by atoms with Crippen LogP contribution in [-0.4, -0.2) is 30.3 Å². The summed E-state index contributed by atoms with van der Waals surface area (Å²) in [5.41, 5.74) is 2.51. The minimum Gasteiger partial charge on any atom is -0.377 e. The van der Waals surface area contributed by atoms with E-state index in [2.05, 4.69) is 17.6 Å². The van der Waals surface area contributed by atoms with Crippen LogP contribution in [0.25, 0.3) is 0 Å². The zero-order valence-corrected chi connectivity index (χ0v) is 17.8. The van der Waals surface area contributed by atoms with Crippen molar-refractivity contribution in [3.05, 3.63) is 81.5 Å². The quantitative estimate of drug-likeness (QED) is 0.538. The highest BCUT2D eigenvalue weighted by Crippen LogP contribution is 2.29. The molecule has 0 fully saturated rings. The summed E-state index contributed by atoms with van der Waals surface area (Å²) in [6.07, 6.45) is 0. The fourth-order valence-corrected chi connectivity index (χ4v) is 3.80. The van der Waals surface area contributed by atoms with Crippen molar-refractivity contribution in [3.8, 4) is 0 Å². The predicted octanol–water partition coefficient (Wildman–Crippen LogP) is 5.29. The number of hydrogen-bond acceptors (Lipinski definition) is 4. The first-order chi connectivity index (χ1) is 13.9. The third kappa shape index (κ3) is 5.59. The highest BCUT2D eigenvalue weighted by atomic mass is 35.5. The van der Waals surface area contributed by atoms with Gasteiger partial charge in [0.2, 0.25) is 5.91 Å². The molecule has 2 amide bonds. The van der Waals surface area contributed by atoms with Crippen molar-refractivity contribution in [2.45, 2.75) is 13.0 Å². The molecule has 0 saturated carbocycles. The molecule has 1 heterocycles. The van der Waals surface area contributed by atoms with Gasteiger partial charge in [-0.05, 0) is 42.1 Å². The van der Waals surface area contributed by atoms with E-state index < -0.39 is 0 Å². The molecule has 29 heavy (non-hydrogen) atoms. The largest absolute Gasteiger partial charge is 0.377 e. The van der Waals surface area contributed by atoms with E-state index in [1.165, 1.54) is 16.2 Å². The van der Waals surface area contributed by atoms with Gasteiger partial charge in [-0.15, -0.1) is 11.3 Å². The molecule has 5 nitrogen and oxygen atoms in total. The lowest BCUT2D eigenvalue weighted by molar-refractivity contribution is -0.116. The minimum absolute atomic E-state index is 0.0423. The third-order valence-corrected chi connectivity index (χ3v) is 5.55. The summed E-state index contributed by atoms with van der Waals surface area (Å²) < 4.78 is 0. The number of nitrogens with one attached hydrogen (secondary N) is 2. The van der Waals surface area contributed by atoms with E-state index in [0.717, 1.165) is 11.3 Å². The number of halogens is 1. The second-order valence-corrected chi connectivity index (χ2v) is 8.01. The van der Waals surface area contributed by atoms with Crippen LogP contribution in [0.3, 0.4) is 0 Å². The summed E-state index contributed by atoms with van der Waals surface area (Å²) in [5, 5.41) is 8.50. The number of carbonyl (C=O) groups excluding carboxylic acids is 2. The molecule has 0 bridgehead atoms. The molecular weight excluding hydrogens is 406 g/mol. The van der Waals surface area contributed by atoms with Gasteiger partial charge in [-0.1, -0.05) is 48.0 Å². The van der Waals surface area contributed by atoms with Crippen LogP contribution in [0.5, 0.6) is 0 Å². The fourth-order valence-electron chi connectivity index (χ4n) is 2.84. The van der Waals surface area contributed by atoms with Crippen molar-refractivity contribution in [1.29, 1.82) is 0 Å². The van der Waals surface area contributed by atoms with E-state index in [9.17, 15) is 9.59 Å². The zero-order chi connectivity index (χ0) is 20.8. The molecule has 0 aliphatic heterocycles. The van der Waals surface area contributed by atoms with E-state index >= 15 is 0 Å². The molecule has 0 spiro atoms. The Morgan fingerprint density at radius 2 is 1.86 bits per heavy atom. The minimum atomic E-state index is -0.285. The second kappa shape index (κ2) is 9.58. The monoisotopic (exact) mass is 427 g/mol. The van der Waals surface area contributed by atoms with Gasteiger partial charge >= 0.3 is 0 Å². The van der Waals surface area contributed by atoms with Gasteiger partial charge in [0.15, 0.2) is 0 Å². The SMILES string of the molecule is CC(Nc1ccc(NC(=O)CN(C)C(=O)c2cccs2)cc1Cl)c1ccccc1. The van der Waals surface area contributed by atoms with E-state index in [1.54, 1.807) is 25.2 Å². The average molecular weight is 428 g/mol. The Balaban J connectivity index is 1.58. The first-order valence-corrected chi connectivity index (χ1v) is 10.4. The lowest BCUT2D eigenvalue weighted by atomic mass is 10.1. The Labute approximate surface area is 179 Å². The summed E-state index contributed by atoms with van der Waals surface area (Å²) in [6, 6.07) is 19.0. The average Bonchev–Trinajstić information content (AvgIpc) is 3.24. The number of hydrogen-bond donors (Lipinski definition) is 2. The molecule has 0 saturated heterocycles. The molecule has 0 aliphatic rings. The van der Waals surface area contributed by atoms with Crippen molar-refractivity contribution in [2.24, 2.45) is 0 Å². The number of anilines is 2. The number of amides is 2. The maximum Gasteiger partial charge on any atom is 0.264 e. The Kier molecular flexibility index (Phi) is 6.90. The molecule has 150 valence electrons. The van der Waals surface area contributed by atoms with Gasteiger partial charge in [-0.3, -0.25) is 9.59 Å². The van der Waals surface area contributed by atoms with Crippen LogP contribution in [0.4, 0.5) is 11.4 Å². The number of benzene rings is 2. The topological polar surface area (TPSA) is 61.4 Å². The standard InChI is InChI=1S/C22H22ClN3O2S/c1-15(16-7-4-3-5-8-16)24-19-11-10-17(13-18(19)23)25-21(27)14-26(2)22(28)20-9-6-12-29-20/h3-13,15,24H,14H2,1-2H3,(H,25,27). The molecule has 1 unspecified atom stereocenters. The number of likely N-dealkylation sites (N-methyl/N-ethyl adjacent to an activating group) is 1. The zero-order valence-electron chi connectivity index (χ0n) is 16.2. The summed E-state index contributed by atoms with van der Waals surface area (Å²) in [6.45, 7) is 2.02. The van der Waals surface area contributed by atoms with Gasteiger partial charge in [-0.25, -0.2) is 0 Å². The van der Waals surface area contributed by atoms with Crippen LogP contribution in [0, 0.1) is 0 Å². The second-order valence-electron chi connectivity index (χ2n) is 6.66. The molecule has 1 atom stereocenters. The predicted molar refractivity (Wildman–Crippen MR) is 120 cm³/mol. The fraction of sp³-hybridized carbons (Fsp3) is 0.182. The van der Waals surface area contributed by atoms with Crippen LogP contribution in [0.15, 0.2) is 66.0 Å². The van der Waals surface area contributed by atoms with Crippen LogP contribution in [-0.2, 0) is 4.79 Å². The molecular formula is C22H22ClN3O2S. The molecule has 0 aliphatic carbocycles. The van der Waals surface area contributed by atoms with Crippen LogP contribution in [0.2, 0.25) is 5.02 Å². The normalized spacial score (nSPS) is 11.6. The first kappa shape index (κ1) is 20.9. The molecule has 3 rings (SSSR count). The Hall–Kier alpha value is -2.83. The van der Waals surface area contributed by atoms with Crippen molar-refractivity contribution in [2.75, 3.05) is 24.2 Å². The Bertz CT molecular complexity index is 977. The summed E-state index contributed by atoms with van der Waals surface area (Å²) in [7, 11) is 1.60. The van der Waals surface area contributed by atoms with Crippen molar-refractivity contribution in [1.82, 2.24) is 4.90 Å². The van der Waals surface area contributed by atoms with E-state index in [4.69, 9.17) is 11.6 Å². The van der Waals surface area contributed by atoms with Gasteiger partial charge in [-0.2, -0.15) is 0 Å². The number of nitrogens with zero attached hydrogens (tertiary/aromatic N) is 1. The van der Waals surface area contributed by atoms with Gasteiger partial charge in [0.1, 0.15) is 0 Å². The van der Waals surface area contributed by atoms with E-state index in [0.29, 0.717) is 15.6 Å². The molecule has 0 radical (unpaired) electrons. The molecule has 2 N–H and O–H groups in total. The number of thiophene rings is 1. The van der Waals surface area contributed by atoms with Gasteiger partial charge in [0.05, 0.1) is 22.1 Å². The Morgan fingerprint density at radius 1 is 1.10 bits per heavy atom.